The molecule has 0 aromatic heterocycles. The van der Waals surface area contributed by atoms with Crippen molar-refractivity contribution in [2.45, 2.75) is 62.0 Å². The molecule has 7 atom stereocenters. The maximum absolute atomic E-state index is 13.6. The molecule has 2 aliphatic rings. The van der Waals surface area contributed by atoms with Crippen LogP contribution in [0.1, 0.15) is 26.7 Å². The zero-order chi connectivity index (χ0) is 28.0. The lowest BCUT2D eigenvalue weighted by Crippen LogP contribution is -2.52. The van der Waals surface area contributed by atoms with Gasteiger partial charge in [-0.15, -0.1) is 0 Å². The first-order valence-electron chi connectivity index (χ1n) is 12.9. The Morgan fingerprint density at radius 2 is 1.95 bits per heavy atom. The number of amides is 1. The number of hydrogen-bond donors (Lipinski definition) is 2. The molecule has 12 heteroatoms. The van der Waals surface area contributed by atoms with E-state index in [0.29, 0.717) is 24.9 Å². The van der Waals surface area contributed by atoms with Crippen molar-refractivity contribution >= 4 is 30.0 Å². The molecule has 1 saturated carbocycles. The Morgan fingerprint density at radius 3 is 2.53 bits per heavy atom. The van der Waals surface area contributed by atoms with Gasteiger partial charge in [-0.2, -0.15) is 4.31 Å². The van der Waals surface area contributed by atoms with Crippen LogP contribution in [0.2, 0.25) is 0 Å². The van der Waals surface area contributed by atoms with Crippen LogP contribution in [0.5, 0.6) is 5.75 Å². The lowest BCUT2D eigenvalue weighted by molar-refractivity contribution is 0.00649. The van der Waals surface area contributed by atoms with Crippen molar-refractivity contribution in [3.8, 4) is 5.75 Å². The molecule has 10 nitrogen and oxygen atoms in total. The van der Waals surface area contributed by atoms with E-state index < -0.39 is 48.0 Å². The summed E-state index contributed by atoms with van der Waals surface area (Å²) in [5.41, 5.74) is 0. The first kappa shape index (κ1) is 30.8. The summed E-state index contributed by atoms with van der Waals surface area (Å²) in [6.07, 6.45) is 3.06. The van der Waals surface area contributed by atoms with Crippen molar-refractivity contribution in [1.82, 2.24) is 9.62 Å². The minimum atomic E-state index is -3.85. The smallest absolute Gasteiger partial charge is 0.407 e. The monoisotopic (exact) mass is 573 g/mol. The van der Waals surface area contributed by atoms with E-state index in [-0.39, 0.29) is 35.9 Å². The molecule has 0 bridgehead atoms. The van der Waals surface area contributed by atoms with Crippen LogP contribution in [0.3, 0.4) is 0 Å². The summed E-state index contributed by atoms with van der Waals surface area (Å²) in [7, 11) is -1.52. The molecule has 214 valence electrons. The number of aliphatic hydroxyl groups excluding tert-OH is 1. The molecule has 1 aromatic carbocycles. The molecule has 1 amide bonds. The highest BCUT2D eigenvalue weighted by atomic mass is 32.2. The van der Waals surface area contributed by atoms with Crippen molar-refractivity contribution in [2.75, 3.05) is 46.7 Å². The van der Waals surface area contributed by atoms with Gasteiger partial charge in [-0.25, -0.2) is 13.2 Å². The van der Waals surface area contributed by atoms with Gasteiger partial charge in [-0.1, -0.05) is 13.8 Å². The third kappa shape index (κ3) is 7.67. The zero-order valence-corrected chi connectivity index (χ0v) is 24.6. The maximum Gasteiger partial charge on any atom is 0.407 e. The summed E-state index contributed by atoms with van der Waals surface area (Å²) in [6, 6.07) is 5.74. The number of fused-ring (bicyclic) bond motifs is 1. The van der Waals surface area contributed by atoms with Gasteiger partial charge in [0.15, 0.2) is 0 Å². The summed E-state index contributed by atoms with van der Waals surface area (Å²) in [4.78, 5) is 13.1. The second-order valence-corrected chi connectivity index (χ2v) is 14.5. The molecule has 1 saturated heterocycles. The van der Waals surface area contributed by atoms with Crippen molar-refractivity contribution in [3.05, 3.63) is 24.3 Å². The quantitative estimate of drug-likeness (QED) is 0.345. The van der Waals surface area contributed by atoms with Gasteiger partial charge in [0, 0.05) is 39.1 Å². The van der Waals surface area contributed by atoms with Crippen LogP contribution in [-0.2, 0) is 24.2 Å². The number of rotatable bonds is 13. The van der Waals surface area contributed by atoms with Crippen LogP contribution < -0.4 is 10.1 Å². The molecule has 38 heavy (non-hydrogen) atoms. The number of sulfonamides is 1. The minimum Gasteiger partial charge on any atom is -0.497 e. The van der Waals surface area contributed by atoms with E-state index in [0.717, 1.165) is 6.42 Å². The second-order valence-electron chi connectivity index (χ2n) is 10.5. The molecule has 1 aliphatic heterocycles. The van der Waals surface area contributed by atoms with Crippen LogP contribution in [0, 0.1) is 11.8 Å². The predicted molar refractivity (Wildman–Crippen MR) is 148 cm³/mol. The number of alkyl carbamates (subject to hydrolysis) is 1. The standard InChI is InChI=1S/C26H41N2O8PS/c1-17(2)14-28(38(31,32)19-9-7-18(33-3)8-10-19)15-24(34-4)21(16-37(5)6)27-26(30)36-23-13-22(29)25-20(23)11-12-35-25/h7-10,17,20-25,29H,5,11-16H2,1-4,6H3/p+1. The largest absolute Gasteiger partial charge is 0.497 e. The van der Waals surface area contributed by atoms with Crippen molar-refractivity contribution in [1.29, 1.82) is 0 Å². The summed E-state index contributed by atoms with van der Waals surface area (Å²) in [5.74, 6) is 0.595. The zero-order valence-electron chi connectivity index (χ0n) is 22.9. The van der Waals surface area contributed by atoms with Gasteiger partial charge in [0.05, 0.1) is 56.9 Å². The van der Waals surface area contributed by atoms with Crippen LogP contribution in [-0.4, -0.2) is 107 Å². The Hall–Kier alpha value is -1.75. The van der Waals surface area contributed by atoms with E-state index >= 15 is 0 Å². The van der Waals surface area contributed by atoms with Crippen LogP contribution in [0.15, 0.2) is 29.2 Å². The summed E-state index contributed by atoms with van der Waals surface area (Å²) >= 11 is 0. The molecule has 0 spiro atoms. The SMILES string of the molecule is C=[P+](C)CC(NC(=O)OC1CC(O)C2OCCC12)C(CN(CC(C)C)S(=O)(=O)c1ccc(OC)cc1)OC. The molecule has 1 aromatic rings. The molecular weight excluding hydrogens is 531 g/mol. The molecule has 1 aliphatic carbocycles. The van der Waals surface area contributed by atoms with E-state index in [1.165, 1.54) is 30.7 Å². The number of nitrogens with one attached hydrogen (secondary N) is 1. The number of methoxy groups -OCH3 is 2. The Kier molecular flexibility index (Phi) is 11.0. The van der Waals surface area contributed by atoms with Gasteiger partial charge in [-0.05, 0) is 36.6 Å². The molecule has 2 N–H and O–H groups in total. The molecular formula is C26H42N2O8PS+. The van der Waals surface area contributed by atoms with Crippen LogP contribution in [0.4, 0.5) is 4.79 Å². The highest BCUT2D eigenvalue weighted by molar-refractivity contribution is 7.89. The normalized spacial score (nSPS) is 25.2. The maximum atomic E-state index is 13.6. The first-order valence-corrected chi connectivity index (χ1v) is 16.5. The van der Waals surface area contributed by atoms with E-state index in [4.69, 9.17) is 18.9 Å². The van der Waals surface area contributed by atoms with Crippen molar-refractivity contribution < 1.29 is 37.3 Å². The topological polar surface area (TPSA) is 124 Å². The van der Waals surface area contributed by atoms with E-state index in [2.05, 4.69) is 11.6 Å². The Morgan fingerprint density at radius 1 is 1.26 bits per heavy atom. The average Bonchev–Trinajstić information content (AvgIpc) is 3.45. The third-order valence-corrected chi connectivity index (χ3v) is 9.85. The Labute approximate surface area is 227 Å². The van der Waals surface area contributed by atoms with Gasteiger partial charge in [0.25, 0.3) is 0 Å². The number of hydrogen-bond acceptors (Lipinski definition) is 8. The molecule has 7 unspecified atom stereocenters. The fourth-order valence-corrected chi connectivity index (χ4v) is 7.77. The van der Waals surface area contributed by atoms with Crippen LogP contribution in [0.25, 0.3) is 0 Å². The van der Waals surface area contributed by atoms with E-state index in [1.807, 2.05) is 20.5 Å². The number of carbonyl (C=O) groups excluding carboxylic acids is 1. The molecule has 0 radical (unpaired) electrons. The number of ether oxygens (including phenoxy) is 4. The van der Waals surface area contributed by atoms with Gasteiger partial charge in [-0.3, -0.25) is 0 Å². The predicted octanol–water partition coefficient (Wildman–Crippen LogP) is 2.53. The number of benzene rings is 1. The summed E-state index contributed by atoms with van der Waals surface area (Å²) in [6.45, 7) is 6.73. The lowest BCUT2D eigenvalue weighted by Gasteiger charge is -2.31. The van der Waals surface area contributed by atoms with Crippen molar-refractivity contribution in [3.63, 3.8) is 0 Å². The summed E-state index contributed by atoms with van der Waals surface area (Å²) < 4.78 is 50.9. The lowest BCUT2D eigenvalue weighted by atomic mass is 10.0. The van der Waals surface area contributed by atoms with Gasteiger partial charge < -0.3 is 29.4 Å². The molecule has 1 heterocycles. The molecule has 2 fully saturated rings. The fraction of sp³-hybridized carbons (Fsp3) is 0.692. The van der Waals surface area contributed by atoms with E-state index in [9.17, 15) is 18.3 Å². The minimum absolute atomic E-state index is 0.0280. The fourth-order valence-electron chi connectivity index (χ4n) is 5.16. The number of carbonyl (C=O) groups is 1. The third-order valence-electron chi connectivity index (χ3n) is 6.99. The van der Waals surface area contributed by atoms with Gasteiger partial charge >= 0.3 is 6.09 Å². The number of aliphatic hydroxyl groups is 1. The van der Waals surface area contributed by atoms with E-state index in [1.54, 1.807) is 12.1 Å². The first-order chi connectivity index (χ1) is 18.0. The van der Waals surface area contributed by atoms with Crippen molar-refractivity contribution in [2.24, 2.45) is 11.8 Å². The highest BCUT2D eigenvalue weighted by Gasteiger charge is 2.48. The van der Waals surface area contributed by atoms with Crippen LogP contribution >= 0.6 is 7.55 Å². The second kappa shape index (κ2) is 13.5. The van der Waals surface area contributed by atoms with Gasteiger partial charge in [0.1, 0.15) is 18.0 Å². The average molecular weight is 574 g/mol. The highest BCUT2D eigenvalue weighted by Crippen LogP contribution is 2.38. The Balaban J connectivity index is 1.77. The number of nitrogens with zero attached hydrogens (tertiary/aromatic N) is 1. The Bertz CT molecular complexity index is 1050. The summed E-state index contributed by atoms with van der Waals surface area (Å²) in [5, 5.41) is 13.2. The molecule has 3 rings (SSSR count). The van der Waals surface area contributed by atoms with Gasteiger partial charge in [0.2, 0.25) is 10.0 Å².